The first-order valence-corrected chi connectivity index (χ1v) is 12.5. The molecule has 0 spiro atoms. The van der Waals surface area contributed by atoms with E-state index >= 15 is 0 Å². The summed E-state index contributed by atoms with van der Waals surface area (Å²) in [5, 5.41) is 28.5. The lowest BCUT2D eigenvalue weighted by atomic mass is 9.88. The number of ether oxygens (including phenoxy) is 2. The highest BCUT2D eigenvalue weighted by atomic mass is 16.6. The number of pyridine rings is 1. The molecule has 3 aromatic rings. The maximum atomic E-state index is 10.4. The zero-order chi connectivity index (χ0) is 24.4. The van der Waals surface area contributed by atoms with E-state index in [2.05, 4.69) is 45.6 Å². The van der Waals surface area contributed by atoms with Crippen molar-refractivity contribution in [2.45, 2.75) is 82.0 Å². The van der Waals surface area contributed by atoms with Crippen molar-refractivity contribution in [1.29, 1.82) is 0 Å². The van der Waals surface area contributed by atoms with Crippen LogP contribution in [-0.2, 0) is 21.5 Å². The van der Waals surface area contributed by atoms with Crippen LogP contribution >= 0.6 is 0 Å². The summed E-state index contributed by atoms with van der Waals surface area (Å²) in [4.78, 5) is 4.21. The van der Waals surface area contributed by atoms with Gasteiger partial charge in [0, 0.05) is 18.8 Å². The molecule has 5 rings (SSSR count). The van der Waals surface area contributed by atoms with E-state index < -0.39 is 5.60 Å². The molecular formula is C27H34N4O4. The Hall–Kier alpha value is -2.65. The van der Waals surface area contributed by atoms with Crippen LogP contribution in [0.5, 0.6) is 0 Å². The SMILES string of the molecule is CC(C)(O)c1cn([C@H]2C[C@@H]3O[C@H](CO)CC[C@@H]3O[C@@H]2CCc2ccc(-c3cccnc3)cc2)nn1. The number of aliphatic hydroxyl groups is 2. The molecule has 35 heavy (non-hydrogen) atoms. The molecule has 0 bridgehead atoms. The largest absolute Gasteiger partial charge is 0.394 e. The monoisotopic (exact) mass is 478 g/mol. The lowest BCUT2D eigenvalue weighted by Crippen LogP contribution is -2.51. The summed E-state index contributed by atoms with van der Waals surface area (Å²) in [7, 11) is 0. The van der Waals surface area contributed by atoms with Gasteiger partial charge in [0.05, 0.1) is 43.3 Å². The molecule has 0 radical (unpaired) electrons. The first-order valence-electron chi connectivity index (χ1n) is 12.5. The number of aliphatic hydroxyl groups excluding tert-OH is 1. The van der Waals surface area contributed by atoms with E-state index in [-0.39, 0.29) is 37.1 Å². The van der Waals surface area contributed by atoms with E-state index in [0.29, 0.717) is 5.69 Å². The zero-order valence-electron chi connectivity index (χ0n) is 20.3. The van der Waals surface area contributed by atoms with Crippen molar-refractivity contribution >= 4 is 0 Å². The molecule has 8 heteroatoms. The number of benzene rings is 1. The van der Waals surface area contributed by atoms with Gasteiger partial charge in [0.25, 0.3) is 0 Å². The minimum Gasteiger partial charge on any atom is -0.394 e. The van der Waals surface area contributed by atoms with E-state index in [1.807, 2.05) is 23.1 Å². The predicted octanol–water partition coefficient (Wildman–Crippen LogP) is 3.44. The number of rotatable bonds is 7. The van der Waals surface area contributed by atoms with Crippen molar-refractivity contribution in [3.63, 3.8) is 0 Å². The maximum Gasteiger partial charge on any atom is 0.114 e. The van der Waals surface area contributed by atoms with Gasteiger partial charge in [-0.05, 0) is 62.3 Å². The molecule has 2 aliphatic rings. The van der Waals surface area contributed by atoms with E-state index in [4.69, 9.17) is 9.47 Å². The molecule has 0 unspecified atom stereocenters. The Morgan fingerprint density at radius 3 is 2.57 bits per heavy atom. The summed E-state index contributed by atoms with van der Waals surface area (Å²) in [6.45, 7) is 3.44. The highest BCUT2D eigenvalue weighted by Gasteiger charge is 2.43. The van der Waals surface area contributed by atoms with E-state index in [1.54, 1.807) is 20.0 Å². The number of aryl methyl sites for hydroxylation is 1. The molecule has 0 amide bonds. The second kappa shape index (κ2) is 10.1. The fourth-order valence-corrected chi connectivity index (χ4v) is 5.11. The summed E-state index contributed by atoms with van der Waals surface area (Å²) in [5.74, 6) is 0. The number of hydrogen-bond donors (Lipinski definition) is 2. The van der Waals surface area contributed by atoms with Crippen molar-refractivity contribution in [3.8, 4) is 11.1 Å². The Balaban J connectivity index is 1.32. The Bertz CT molecular complexity index is 1100. The third kappa shape index (κ3) is 5.46. The number of hydrogen-bond acceptors (Lipinski definition) is 7. The van der Waals surface area contributed by atoms with Crippen LogP contribution in [0.1, 0.15) is 56.8 Å². The van der Waals surface area contributed by atoms with E-state index in [1.165, 1.54) is 5.56 Å². The van der Waals surface area contributed by atoms with E-state index in [9.17, 15) is 10.2 Å². The average Bonchev–Trinajstić information content (AvgIpc) is 3.38. The quantitative estimate of drug-likeness (QED) is 0.536. The first kappa shape index (κ1) is 24.1. The number of aromatic nitrogens is 4. The van der Waals surface area contributed by atoms with Crippen molar-refractivity contribution in [2.24, 2.45) is 0 Å². The van der Waals surface area contributed by atoms with Gasteiger partial charge in [0.15, 0.2) is 0 Å². The van der Waals surface area contributed by atoms with Gasteiger partial charge in [-0.3, -0.25) is 4.98 Å². The molecule has 186 valence electrons. The Morgan fingerprint density at radius 2 is 1.89 bits per heavy atom. The van der Waals surface area contributed by atoms with Gasteiger partial charge in [0.1, 0.15) is 11.3 Å². The van der Waals surface area contributed by atoms with Crippen LogP contribution in [-0.4, -0.2) is 61.2 Å². The molecule has 0 saturated carbocycles. The van der Waals surface area contributed by atoms with Crippen LogP contribution in [0.3, 0.4) is 0 Å². The van der Waals surface area contributed by atoms with Crippen LogP contribution in [0.25, 0.3) is 11.1 Å². The van der Waals surface area contributed by atoms with Gasteiger partial charge in [0.2, 0.25) is 0 Å². The molecule has 2 aromatic heterocycles. The molecule has 2 fully saturated rings. The van der Waals surface area contributed by atoms with Gasteiger partial charge in [-0.2, -0.15) is 0 Å². The summed E-state index contributed by atoms with van der Waals surface area (Å²) >= 11 is 0. The highest BCUT2D eigenvalue weighted by Crippen LogP contribution is 2.38. The molecule has 4 heterocycles. The van der Waals surface area contributed by atoms with Gasteiger partial charge in [-0.1, -0.05) is 35.5 Å². The second-order valence-corrected chi connectivity index (χ2v) is 10.2. The lowest BCUT2D eigenvalue weighted by Gasteiger charge is -2.45. The van der Waals surface area contributed by atoms with Crippen LogP contribution in [0.4, 0.5) is 0 Å². The Morgan fingerprint density at radius 1 is 1.06 bits per heavy atom. The topological polar surface area (TPSA) is 103 Å². The molecule has 1 aromatic carbocycles. The van der Waals surface area contributed by atoms with Crippen LogP contribution in [0, 0.1) is 0 Å². The third-order valence-corrected chi connectivity index (χ3v) is 7.15. The van der Waals surface area contributed by atoms with Crippen molar-refractivity contribution in [3.05, 3.63) is 66.2 Å². The van der Waals surface area contributed by atoms with Crippen molar-refractivity contribution < 1.29 is 19.7 Å². The van der Waals surface area contributed by atoms with Gasteiger partial charge in [-0.15, -0.1) is 5.10 Å². The van der Waals surface area contributed by atoms with Crippen molar-refractivity contribution in [2.75, 3.05) is 6.61 Å². The summed E-state index contributed by atoms with van der Waals surface area (Å²) in [5.41, 5.74) is 2.97. The molecular weight excluding hydrogens is 444 g/mol. The Kier molecular flexibility index (Phi) is 6.98. The molecule has 5 atom stereocenters. The normalized spacial score (nSPS) is 26.9. The fraction of sp³-hybridized carbons (Fsp3) is 0.519. The first-order chi connectivity index (χ1) is 16.9. The zero-order valence-corrected chi connectivity index (χ0v) is 20.3. The molecule has 2 saturated heterocycles. The smallest absolute Gasteiger partial charge is 0.114 e. The predicted molar refractivity (Wildman–Crippen MR) is 131 cm³/mol. The molecule has 8 nitrogen and oxygen atoms in total. The second-order valence-electron chi connectivity index (χ2n) is 10.2. The molecule has 0 aliphatic carbocycles. The molecule has 2 aliphatic heterocycles. The number of nitrogens with zero attached hydrogens (tertiary/aromatic N) is 4. The summed E-state index contributed by atoms with van der Waals surface area (Å²) in [6, 6.07) is 12.6. The standard InChI is InChI=1S/C27H34N4O4/c1-27(2,33)26-16-31(30-29-26)22-14-25-24(12-10-21(17-32)34-25)35-23(22)11-7-18-5-8-19(9-6-18)20-4-3-13-28-15-20/h3-6,8-9,13,15-16,21-25,32-33H,7,10-12,14,17H2,1-2H3/t21-,22-,23+,24-,25-/m0/s1. The average molecular weight is 479 g/mol. The fourth-order valence-electron chi connectivity index (χ4n) is 5.11. The van der Waals surface area contributed by atoms with Crippen LogP contribution in [0.2, 0.25) is 0 Å². The summed E-state index contributed by atoms with van der Waals surface area (Å²) < 4.78 is 14.6. The minimum absolute atomic E-state index is 0.0179. The van der Waals surface area contributed by atoms with Crippen molar-refractivity contribution in [1.82, 2.24) is 20.0 Å². The van der Waals surface area contributed by atoms with Gasteiger partial charge >= 0.3 is 0 Å². The third-order valence-electron chi connectivity index (χ3n) is 7.15. The maximum absolute atomic E-state index is 10.4. The Labute approximate surface area is 205 Å². The summed E-state index contributed by atoms with van der Waals surface area (Å²) in [6.07, 6.45) is 9.33. The van der Waals surface area contributed by atoms with Gasteiger partial charge in [-0.25, -0.2) is 4.68 Å². The number of fused-ring (bicyclic) bond motifs is 1. The van der Waals surface area contributed by atoms with Crippen LogP contribution < -0.4 is 0 Å². The van der Waals surface area contributed by atoms with Gasteiger partial charge < -0.3 is 19.7 Å². The molecule has 2 N–H and O–H groups in total. The lowest BCUT2D eigenvalue weighted by molar-refractivity contribution is -0.209. The van der Waals surface area contributed by atoms with Crippen LogP contribution in [0.15, 0.2) is 55.0 Å². The minimum atomic E-state index is -1.06. The highest BCUT2D eigenvalue weighted by molar-refractivity contribution is 5.62. The van der Waals surface area contributed by atoms with E-state index in [0.717, 1.165) is 43.2 Å².